The summed E-state index contributed by atoms with van der Waals surface area (Å²) >= 11 is 0. The maximum Gasteiger partial charge on any atom is 0.135 e. The minimum atomic E-state index is 0.531. The highest BCUT2D eigenvalue weighted by molar-refractivity contribution is 6.11. The summed E-state index contributed by atoms with van der Waals surface area (Å²) in [6.07, 6.45) is 4.45. The Bertz CT molecular complexity index is 775. The van der Waals surface area contributed by atoms with Crippen LogP contribution < -0.4 is 9.47 Å². The molecular formula is C26H34O4. The van der Waals surface area contributed by atoms with Crippen molar-refractivity contribution >= 4 is 21.5 Å². The molecule has 0 N–H and O–H groups in total. The van der Waals surface area contributed by atoms with E-state index >= 15 is 0 Å². The molecule has 0 aliphatic heterocycles. The van der Waals surface area contributed by atoms with Crippen molar-refractivity contribution in [1.82, 2.24) is 0 Å². The van der Waals surface area contributed by atoms with Crippen molar-refractivity contribution in [2.75, 3.05) is 39.6 Å². The number of fused-ring (bicyclic) bond motifs is 2. The smallest absolute Gasteiger partial charge is 0.135 e. The fourth-order valence-corrected chi connectivity index (χ4v) is 3.46. The molecule has 3 aromatic carbocycles. The lowest BCUT2D eigenvalue weighted by molar-refractivity contribution is 0.0983. The summed E-state index contributed by atoms with van der Waals surface area (Å²) in [5.74, 6) is 1.79. The Balaban J connectivity index is 1.81. The first-order valence-corrected chi connectivity index (χ1v) is 11.2. The highest BCUT2D eigenvalue weighted by atomic mass is 16.5. The Morgan fingerprint density at radius 3 is 1.20 bits per heavy atom. The van der Waals surface area contributed by atoms with Crippen molar-refractivity contribution in [2.24, 2.45) is 0 Å². The molecule has 0 amide bonds. The van der Waals surface area contributed by atoms with E-state index in [1.165, 1.54) is 0 Å². The molecule has 4 heteroatoms. The van der Waals surface area contributed by atoms with Gasteiger partial charge in [0.05, 0.1) is 13.2 Å². The number of ether oxygens (including phenoxy) is 4. The van der Waals surface area contributed by atoms with Gasteiger partial charge < -0.3 is 18.9 Å². The molecule has 0 fully saturated rings. The van der Waals surface area contributed by atoms with Crippen molar-refractivity contribution in [3.8, 4) is 11.5 Å². The second-order valence-electron chi connectivity index (χ2n) is 7.38. The number of hydrogen-bond donors (Lipinski definition) is 0. The SMILES string of the molecule is CCCCOCCOc1c2ccccc2c(OCCOCCCC)c2ccccc12. The Hall–Kier alpha value is -2.30. The fourth-order valence-electron chi connectivity index (χ4n) is 3.46. The maximum atomic E-state index is 6.23. The predicted molar refractivity (Wildman–Crippen MR) is 124 cm³/mol. The second-order valence-corrected chi connectivity index (χ2v) is 7.38. The average Bonchev–Trinajstić information content (AvgIpc) is 2.79. The van der Waals surface area contributed by atoms with E-state index < -0.39 is 0 Å². The van der Waals surface area contributed by atoms with Gasteiger partial charge >= 0.3 is 0 Å². The van der Waals surface area contributed by atoms with Crippen LogP contribution >= 0.6 is 0 Å². The van der Waals surface area contributed by atoms with Crippen molar-refractivity contribution in [3.63, 3.8) is 0 Å². The largest absolute Gasteiger partial charge is 0.490 e. The van der Waals surface area contributed by atoms with Crippen LogP contribution in [0.4, 0.5) is 0 Å². The molecule has 3 rings (SSSR count). The number of unbranched alkanes of at least 4 members (excludes halogenated alkanes) is 2. The van der Waals surface area contributed by atoms with Crippen LogP contribution in [0.5, 0.6) is 11.5 Å². The summed E-state index contributed by atoms with van der Waals surface area (Å²) in [5, 5.41) is 4.25. The molecule has 0 heterocycles. The molecule has 0 radical (unpaired) electrons. The van der Waals surface area contributed by atoms with Crippen LogP contribution in [-0.2, 0) is 9.47 Å². The number of benzene rings is 3. The van der Waals surface area contributed by atoms with Gasteiger partial charge in [0.2, 0.25) is 0 Å². The summed E-state index contributed by atoms with van der Waals surface area (Å²) in [7, 11) is 0. The van der Waals surface area contributed by atoms with E-state index in [1.807, 2.05) is 24.3 Å². The van der Waals surface area contributed by atoms with Gasteiger partial charge in [-0.15, -0.1) is 0 Å². The summed E-state index contributed by atoms with van der Waals surface area (Å²) < 4.78 is 23.8. The molecular weight excluding hydrogens is 376 g/mol. The monoisotopic (exact) mass is 410 g/mol. The third-order valence-electron chi connectivity index (χ3n) is 5.07. The molecule has 0 unspecified atom stereocenters. The normalized spacial score (nSPS) is 11.3. The van der Waals surface area contributed by atoms with Crippen LogP contribution in [0.1, 0.15) is 39.5 Å². The van der Waals surface area contributed by atoms with Crippen LogP contribution in [0.15, 0.2) is 48.5 Å². The lowest BCUT2D eigenvalue weighted by Gasteiger charge is -2.18. The van der Waals surface area contributed by atoms with E-state index in [-0.39, 0.29) is 0 Å². The molecule has 30 heavy (non-hydrogen) atoms. The summed E-state index contributed by atoms with van der Waals surface area (Å²) in [4.78, 5) is 0. The molecule has 0 bridgehead atoms. The van der Waals surface area contributed by atoms with Crippen LogP contribution in [0.2, 0.25) is 0 Å². The minimum absolute atomic E-state index is 0.531. The van der Waals surface area contributed by atoms with Gasteiger partial charge in [-0.1, -0.05) is 75.2 Å². The van der Waals surface area contributed by atoms with Gasteiger partial charge in [-0.2, -0.15) is 0 Å². The summed E-state index contributed by atoms with van der Waals surface area (Å²) in [6.45, 7) is 8.15. The van der Waals surface area contributed by atoms with Gasteiger partial charge in [-0.05, 0) is 12.8 Å². The highest BCUT2D eigenvalue weighted by Gasteiger charge is 2.15. The van der Waals surface area contributed by atoms with Crippen molar-refractivity contribution in [1.29, 1.82) is 0 Å². The average molecular weight is 411 g/mol. The minimum Gasteiger partial charge on any atom is -0.490 e. The van der Waals surface area contributed by atoms with Crippen molar-refractivity contribution < 1.29 is 18.9 Å². The third-order valence-corrected chi connectivity index (χ3v) is 5.07. The lowest BCUT2D eigenvalue weighted by atomic mass is 10.0. The first kappa shape index (κ1) is 22.4. The molecule has 0 aromatic heterocycles. The molecule has 0 saturated heterocycles. The van der Waals surface area contributed by atoms with Gasteiger partial charge in [-0.25, -0.2) is 0 Å². The van der Waals surface area contributed by atoms with Crippen LogP contribution in [0.3, 0.4) is 0 Å². The molecule has 162 valence electrons. The topological polar surface area (TPSA) is 36.9 Å². The van der Waals surface area contributed by atoms with E-state index in [2.05, 4.69) is 38.1 Å². The number of hydrogen-bond acceptors (Lipinski definition) is 4. The second kappa shape index (κ2) is 12.4. The zero-order valence-electron chi connectivity index (χ0n) is 18.3. The van der Waals surface area contributed by atoms with Crippen LogP contribution in [0.25, 0.3) is 21.5 Å². The van der Waals surface area contributed by atoms with Gasteiger partial charge in [-0.3, -0.25) is 0 Å². The summed E-state index contributed by atoms with van der Waals surface area (Å²) in [6, 6.07) is 16.6. The van der Waals surface area contributed by atoms with Gasteiger partial charge in [0.1, 0.15) is 24.7 Å². The molecule has 4 nitrogen and oxygen atoms in total. The van der Waals surface area contributed by atoms with Gasteiger partial charge in [0.15, 0.2) is 0 Å². The zero-order valence-corrected chi connectivity index (χ0v) is 18.3. The zero-order chi connectivity index (χ0) is 21.0. The van der Waals surface area contributed by atoms with Crippen LogP contribution in [-0.4, -0.2) is 39.6 Å². The van der Waals surface area contributed by atoms with Crippen LogP contribution in [0, 0.1) is 0 Å². The van der Waals surface area contributed by atoms with Gasteiger partial charge in [0, 0.05) is 34.8 Å². The van der Waals surface area contributed by atoms with E-state index in [0.717, 1.165) is 71.9 Å². The molecule has 0 saturated carbocycles. The standard InChI is InChI=1S/C26H34O4/c1-3-5-15-27-17-19-29-25-21-11-7-9-13-23(21)26(24-14-10-8-12-22(24)25)30-20-18-28-16-6-4-2/h7-14H,3-6,15-20H2,1-2H3. The number of rotatable bonds is 14. The Morgan fingerprint density at radius 2 is 0.867 bits per heavy atom. The maximum absolute atomic E-state index is 6.23. The molecule has 0 atom stereocenters. The van der Waals surface area contributed by atoms with E-state index in [9.17, 15) is 0 Å². The van der Waals surface area contributed by atoms with E-state index in [0.29, 0.717) is 26.4 Å². The van der Waals surface area contributed by atoms with E-state index in [4.69, 9.17) is 18.9 Å². The van der Waals surface area contributed by atoms with E-state index in [1.54, 1.807) is 0 Å². The Labute approximate surface area is 180 Å². The predicted octanol–water partition coefficient (Wildman–Crippen LogP) is 6.38. The van der Waals surface area contributed by atoms with Crippen molar-refractivity contribution in [3.05, 3.63) is 48.5 Å². The van der Waals surface area contributed by atoms with Gasteiger partial charge in [0.25, 0.3) is 0 Å². The highest BCUT2D eigenvalue weighted by Crippen LogP contribution is 2.42. The Kier molecular flexibility index (Phi) is 9.26. The molecule has 3 aromatic rings. The molecule has 0 aliphatic rings. The molecule has 0 aliphatic carbocycles. The fraction of sp³-hybridized carbons (Fsp3) is 0.462. The van der Waals surface area contributed by atoms with Crippen molar-refractivity contribution in [2.45, 2.75) is 39.5 Å². The molecule has 0 spiro atoms. The summed E-state index contributed by atoms with van der Waals surface area (Å²) in [5.41, 5.74) is 0. The first-order valence-electron chi connectivity index (χ1n) is 11.2. The lowest BCUT2D eigenvalue weighted by Crippen LogP contribution is -2.09. The quantitative estimate of drug-likeness (QED) is 0.228. The third kappa shape index (κ3) is 5.87. The first-order chi connectivity index (χ1) is 14.9. The Morgan fingerprint density at radius 1 is 0.500 bits per heavy atom.